The molecule has 1 fully saturated rings. The van der Waals surface area contributed by atoms with Gasteiger partial charge in [-0.05, 0) is 49.4 Å². The zero-order chi connectivity index (χ0) is 13.7. The number of hydrogen-bond acceptors (Lipinski definition) is 4. The maximum atomic E-state index is 10.3. The summed E-state index contributed by atoms with van der Waals surface area (Å²) >= 11 is 0. The summed E-state index contributed by atoms with van der Waals surface area (Å²) in [5.41, 5.74) is 4.76. The molecule has 0 radical (unpaired) electrons. The standard InChI is InChI=1S/C15H23NO3/c1-2-9-18-13-5-7-14(8-6-13)19-11-15(17,10-16)12-3-4-12/h5-8,12,17H,2-4,9-11,16H2,1H3. The molecule has 4 nitrogen and oxygen atoms in total. The lowest BCUT2D eigenvalue weighted by Crippen LogP contribution is -2.45. The number of ether oxygens (including phenoxy) is 2. The first-order valence-electron chi connectivity index (χ1n) is 6.96. The lowest BCUT2D eigenvalue weighted by Gasteiger charge is -2.26. The van der Waals surface area contributed by atoms with Gasteiger partial charge in [0.05, 0.1) is 6.61 Å². The molecule has 0 aromatic heterocycles. The summed E-state index contributed by atoms with van der Waals surface area (Å²) in [6.07, 6.45) is 3.07. The first kappa shape index (κ1) is 14.2. The van der Waals surface area contributed by atoms with Crippen molar-refractivity contribution in [1.29, 1.82) is 0 Å². The SMILES string of the molecule is CCCOc1ccc(OCC(O)(CN)C2CC2)cc1. The first-order valence-corrected chi connectivity index (χ1v) is 6.96. The molecule has 3 N–H and O–H groups in total. The van der Waals surface area contributed by atoms with Crippen molar-refractivity contribution in [1.82, 2.24) is 0 Å². The lowest BCUT2D eigenvalue weighted by molar-refractivity contribution is -0.0162. The Kier molecular flexibility index (Phi) is 4.66. The Morgan fingerprint density at radius 2 is 1.79 bits per heavy atom. The van der Waals surface area contributed by atoms with Gasteiger partial charge in [-0.3, -0.25) is 0 Å². The fourth-order valence-electron chi connectivity index (χ4n) is 2.02. The van der Waals surface area contributed by atoms with Crippen molar-refractivity contribution >= 4 is 0 Å². The van der Waals surface area contributed by atoms with E-state index >= 15 is 0 Å². The van der Waals surface area contributed by atoms with Crippen LogP contribution in [0.1, 0.15) is 26.2 Å². The van der Waals surface area contributed by atoms with Crippen molar-refractivity contribution in [3.05, 3.63) is 24.3 Å². The van der Waals surface area contributed by atoms with Crippen molar-refractivity contribution in [2.24, 2.45) is 11.7 Å². The van der Waals surface area contributed by atoms with E-state index in [1.807, 2.05) is 24.3 Å². The third-order valence-corrected chi connectivity index (χ3v) is 3.48. The van der Waals surface area contributed by atoms with Crippen LogP contribution >= 0.6 is 0 Å². The highest BCUT2D eigenvalue weighted by molar-refractivity contribution is 5.31. The molecule has 0 bridgehead atoms. The van der Waals surface area contributed by atoms with Crippen LogP contribution in [0, 0.1) is 5.92 Å². The minimum Gasteiger partial charge on any atom is -0.494 e. The Bertz CT molecular complexity index is 389. The zero-order valence-electron chi connectivity index (χ0n) is 11.5. The van der Waals surface area contributed by atoms with Gasteiger partial charge in [-0.1, -0.05) is 6.92 Å². The van der Waals surface area contributed by atoms with Crippen LogP contribution in [0.2, 0.25) is 0 Å². The summed E-state index contributed by atoms with van der Waals surface area (Å²) < 4.78 is 11.1. The van der Waals surface area contributed by atoms with Crippen LogP contribution in [0.5, 0.6) is 11.5 Å². The quantitative estimate of drug-likeness (QED) is 0.754. The third kappa shape index (κ3) is 3.85. The predicted molar refractivity (Wildman–Crippen MR) is 74.5 cm³/mol. The molecule has 0 aliphatic heterocycles. The van der Waals surface area contributed by atoms with Crippen LogP contribution in [0.4, 0.5) is 0 Å². The number of aliphatic hydroxyl groups is 1. The van der Waals surface area contributed by atoms with E-state index in [0.29, 0.717) is 5.92 Å². The maximum absolute atomic E-state index is 10.3. The second kappa shape index (κ2) is 6.26. The van der Waals surface area contributed by atoms with Crippen LogP contribution in [-0.2, 0) is 0 Å². The van der Waals surface area contributed by atoms with Crippen LogP contribution in [0.3, 0.4) is 0 Å². The van der Waals surface area contributed by atoms with Gasteiger partial charge in [-0.15, -0.1) is 0 Å². The molecule has 1 aromatic rings. The first-order chi connectivity index (χ1) is 9.18. The lowest BCUT2D eigenvalue weighted by atomic mass is 9.99. The number of rotatable bonds is 8. The van der Waals surface area contributed by atoms with E-state index in [0.717, 1.165) is 37.4 Å². The number of nitrogens with two attached hydrogens (primary N) is 1. The van der Waals surface area contributed by atoms with Gasteiger partial charge >= 0.3 is 0 Å². The molecule has 1 saturated carbocycles. The Morgan fingerprint density at radius 3 is 2.26 bits per heavy atom. The summed E-state index contributed by atoms with van der Waals surface area (Å²) in [4.78, 5) is 0. The van der Waals surface area contributed by atoms with E-state index in [1.165, 1.54) is 0 Å². The Hall–Kier alpha value is -1.26. The van der Waals surface area contributed by atoms with Crippen LogP contribution in [0.15, 0.2) is 24.3 Å². The molecule has 1 aliphatic rings. The highest BCUT2D eigenvalue weighted by Gasteiger charge is 2.43. The van der Waals surface area contributed by atoms with Crippen LogP contribution in [0.25, 0.3) is 0 Å². The van der Waals surface area contributed by atoms with Gasteiger partial charge in [0, 0.05) is 6.54 Å². The average molecular weight is 265 g/mol. The van der Waals surface area contributed by atoms with E-state index in [1.54, 1.807) is 0 Å². The summed E-state index contributed by atoms with van der Waals surface area (Å²) in [5.74, 6) is 1.87. The van der Waals surface area contributed by atoms with Crippen molar-refractivity contribution in [3.63, 3.8) is 0 Å². The van der Waals surface area contributed by atoms with E-state index in [2.05, 4.69) is 6.92 Å². The number of hydrogen-bond donors (Lipinski definition) is 2. The molecule has 19 heavy (non-hydrogen) atoms. The number of benzene rings is 1. The second-order valence-electron chi connectivity index (χ2n) is 5.19. The molecule has 1 atom stereocenters. The normalized spacial score (nSPS) is 17.8. The van der Waals surface area contributed by atoms with Gasteiger partial charge in [0.1, 0.15) is 23.7 Å². The molecule has 1 aliphatic carbocycles. The van der Waals surface area contributed by atoms with Gasteiger partial charge in [0.25, 0.3) is 0 Å². The largest absolute Gasteiger partial charge is 0.494 e. The van der Waals surface area contributed by atoms with E-state index in [-0.39, 0.29) is 13.2 Å². The fourth-order valence-corrected chi connectivity index (χ4v) is 2.02. The summed E-state index contributed by atoms with van der Waals surface area (Å²) in [5, 5.41) is 10.3. The van der Waals surface area contributed by atoms with Crippen molar-refractivity contribution < 1.29 is 14.6 Å². The second-order valence-corrected chi connectivity index (χ2v) is 5.19. The average Bonchev–Trinajstić information content (AvgIpc) is 3.28. The highest BCUT2D eigenvalue weighted by atomic mass is 16.5. The fraction of sp³-hybridized carbons (Fsp3) is 0.600. The molecule has 106 valence electrons. The highest BCUT2D eigenvalue weighted by Crippen LogP contribution is 2.39. The Balaban J connectivity index is 1.85. The molecule has 0 heterocycles. The zero-order valence-corrected chi connectivity index (χ0v) is 11.5. The smallest absolute Gasteiger partial charge is 0.119 e. The molecule has 0 spiro atoms. The molecular weight excluding hydrogens is 242 g/mol. The summed E-state index contributed by atoms with van der Waals surface area (Å²) in [7, 11) is 0. The maximum Gasteiger partial charge on any atom is 0.119 e. The van der Waals surface area contributed by atoms with Crippen molar-refractivity contribution in [3.8, 4) is 11.5 Å². The predicted octanol–water partition coefficient (Wildman–Crippen LogP) is 1.95. The van der Waals surface area contributed by atoms with E-state index in [4.69, 9.17) is 15.2 Å². The van der Waals surface area contributed by atoms with Crippen molar-refractivity contribution in [2.75, 3.05) is 19.8 Å². The monoisotopic (exact) mass is 265 g/mol. The molecule has 0 amide bonds. The molecule has 2 rings (SSSR count). The van der Waals surface area contributed by atoms with Gasteiger partial charge in [-0.25, -0.2) is 0 Å². The van der Waals surface area contributed by atoms with Gasteiger partial charge < -0.3 is 20.3 Å². The topological polar surface area (TPSA) is 64.7 Å². The van der Waals surface area contributed by atoms with Crippen LogP contribution in [-0.4, -0.2) is 30.5 Å². The molecule has 1 unspecified atom stereocenters. The molecule has 1 aromatic carbocycles. The minimum absolute atomic E-state index is 0.245. The summed E-state index contributed by atoms with van der Waals surface area (Å²) in [6, 6.07) is 7.47. The van der Waals surface area contributed by atoms with E-state index < -0.39 is 5.60 Å². The third-order valence-electron chi connectivity index (χ3n) is 3.48. The molecule has 4 heteroatoms. The van der Waals surface area contributed by atoms with Gasteiger partial charge in [0.15, 0.2) is 0 Å². The molecular formula is C15H23NO3. The van der Waals surface area contributed by atoms with Crippen LogP contribution < -0.4 is 15.2 Å². The van der Waals surface area contributed by atoms with Crippen molar-refractivity contribution in [2.45, 2.75) is 31.8 Å². The van der Waals surface area contributed by atoms with E-state index in [9.17, 15) is 5.11 Å². The molecule has 0 saturated heterocycles. The Morgan fingerprint density at radius 1 is 1.21 bits per heavy atom. The minimum atomic E-state index is -0.878. The Labute approximate surface area is 114 Å². The summed E-state index contributed by atoms with van der Waals surface area (Å²) in [6.45, 7) is 3.29. The van der Waals surface area contributed by atoms with Gasteiger partial charge in [-0.2, -0.15) is 0 Å². The van der Waals surface area contributed by atoms with Gasteiger partial charge in [0.2, 0.25) is 0 Å².